The van der Waals surface area contributed by atoms with E-state index in [1.807, 2.05) is 24.3 Å². The van der Waals surface area contributed by atoms with Crippen LogP contribution in [0.15, 0.2) is 36.7 Å². The fourth-order valence-corrected chi connectivity index (χ4v) is 3.48. The van der Waals surface area contributed by atoms with Crippen molar-refractivity contribution < 1.29 is 4.79 Å². The first-order chi connectivity index (χ1) is 13.1. The maximum atomic E-state index is 12.6. The molecule has 0 radical (unpaired) electrons. The molecule has 7 heteroatoms. The number of halogens is 1. The molecule has 2 aromatic heterocycles. The average Bonchev–Trinajstić information content (AvgIpc) is 2.71. The zero-order valence-electron chi connectivity index (χ0n) is 15.9. The zero-order chi connectivity index (χ0) is 19.2. The lowest BCUT2D eigenvalue weighted by molar-refractivity contribution is -0.120. The standard InChI is InChI=1S/C20H26ClN5O/c1-3-25(4-2)18-8-6-17(14-23-18)24-20(27)15-9-11-26(12-10-15)19-7-5-16(21)13-22-19/h5-8,13-15H,3-4,9-12H2,1-2H3,(H,24,27). The molecule has 6 nitrogen and oxygen atoms in total. The number of piperidine rings is 1. The van der Waals surface area contributed by atoms with Crippen LogP contribution in [0.1, 0.15) is 26.7 Å². The smallest absolute Gasteiger partial charge is 0.227 e. The van der Waals surface area contributed by atoms with Crippen LogP contribution in [-0.2, 0) is 4.79 Å². The van der Waals surface area contributed by atoms with Crippen LogP contribution < -0.4 is 15.1 Å². The summed E-state index contributed by atoms with van der Waals surface area (Å²) in [6, 6.07) is 7.64. The summed E-state index contributed by atoms with van der Waals surface area (Å²) in [5.74, 6) is 1.92. The van der Waals surface area contributed by atoms with Crippen LogP contribution in [0.5, 0.6) is 0 Å². The Balaban J connectivity index is 1.53. The first-order valence-corrected chi connectivity index (χ1v) is 9.86. The van der Waals surface area contributed by atoms with Gasteiger partial charge in [0.15, 0.2) is 0 Å². The van der Waals surface area contributed by atoms with Crippen molar-refractivity contribution in [3.8, 4) is 0 Å². The third-order valence-electron chi connectivity index (χ3n) is 5.00. The first kappa shape index (κ1) is 19.4. The van der Waals surface area contributed by atoms with Crippen LogP contribution in [0.4, 0.5) is 17.3 Å². The molecule has 0 unspecified atom stereocenters. The van der Waals surface area contributed by atoms with Gasteiger partial charge >= 0.3 is 0 Å². The Morgan fingerprint density at radius 2 is 1.89 bits per heavy atom. The van der Waals surface area contributed by atoms with Gasteiger partial charge in [0.2, 0.25) is 5.91 Å². The second kappa shape index (κ2) is 9.04. The van der Waals surface area contributed by atoms with E-state index in [-0.39, 0.29) is 11.8 Å². The van der Waals surface area contributed by atoms with Crippen molar-refractivity contribution in [3.63, 3.8) is 0 Å². The highest BCUT2D eigenvalue weighted by molar-refractivity contribution is 6.30. The molecule has 144 valence electrons. The van der Waals surface area contributed by atoms with Gasteiger partial charge in [-0.1, -0.05) is 11.6 Å². The van der Waals surface area contributed by atoms with E-state index in [2.05, 4.69) is 38.9 Å². The van der Waals surface area contributed by atoms with Crippen LogP contribution in [0.3, 0.4) is 0 Å². The van der Waals surface area contributed by atoms with Gasteiger partial charge in [0.25, 0.3) is 0 Å². The lowest BCUT2D eigenvalue weighted by Crippen LogP contribution is -2.38. The molecule has 0 saturated carbocycles. The number of carbonyl (C=O) groups excluding carboxylic acids is 1. The molecular weight excluding hydrogens is 362 g/mol. The Hall–Kier alpha value is -2.34. The van der Waals surface area contributed by atoms with E-state index >= 15 is 0 Å². The highest BCUT2D eigenvalue weighted by Gasteiger charge is 2.25. The molecule has 0 spiro atoms. The number of nitrogens with one attached hydrogen (secondary N) is 1. The topological polar surface area (TPSA) is 61.4 Å². The third-order valence-corrected chi connectivity index (χ3v) is 5.23. The molecule has 3 rings (SSSR count). The van der Waals surface area contributed by atoms with Crippen LogP contribution in [0, 0.1) is 5.92 Å². The lowest BCUT2D eigenvalue weighted by atomic mass is 9.96. The van der Waals surface area contributed by atoms with Crippen molar-refractivity contribution in [2.75, 3.05) is 41.3 Å². The molecule has 2 aromatic rings. The number of amides is 1. The summed E-state index contributed by atoms with van der Waals surface area (Å²) in [5, 5.41) is 3.64. The van der Waals surface area contributed by atoms with E-state index < -0.39 is 0 Å². The molecule has 1 aliphatic rings. The van der Waals surface area contributed by atoms with Gasteiger partial charge in [-0.2, -0.15) is 0 Å². The number of hydrogen-bond acceptors (Lipinski definition) is 5. The van der Waals surface area contributed by atoms with E-state index in [0.717, 1.165) is 56.3 Å². The predicted molar refractivity (Wildman–Crippen MR) is 111 cm³/mol. The summed E-state index contributed by atoms with van der Waals surface area (Å²) < 4.78 is 0. The van der Waals surface area contributed by atoms with Crippen LogP contribution in [-0.4, -0.2) is 42.1 Å². The molecule has 0 bridgehead atoms. The van der Waals surface area contributed by atoms with Gasteiger partial charge in [-0.3, -0.25) is 4.79 Å². The molecule has 0 aliphatic carbocycles. The van der Waals surface area contributed by atoms with Gasteiger partial charge in [0.1, 0.15) is 11.6 Å². The highest BCUT2D eigenvalue weighted by Crippen LogP contribution is 2.24. The minimum Gasteiger partial charge on any atom is -0.357 e. The van der Waals surface area contributed by atoms with E-state index in [4.69, 9.17) is 11.6 Å². The van der Waals surface area contributed by atoms with E-state index in [1.165, 1.54) is 0 Å². The molecule has 1 aliphatic heterocycles. The van der Waals surface area contributed by atoms with Gasteiger partial charge in [-0.25, -0.2) is 9.97 Å². The van der Waals surface area contributed by atoms with Crippen molar-refractivity contribution in [2.24, 2.45) is 5.92 Å². The summed E-state index contributed by atoms with van der Waals surface area (Å²) in [6.07, 6.45) is 5.01. The lowest BCUT2D eigenvalue weighted by Gasteiger charge is -2.32. The van der Waals surface area contributed by atoms with E-state index in [0.29, 0.717) is 5.02 Å². The van der Waals surface area contributed by atoms with Crippen molar-refractivity contribution in [1.82, 2.24) is 9.97 Å². The number of nitrogens with zero attached hydrogens (tertiary/aromatic N) is 4. The molecule has 0 atom stereocenters. The van der Waals surface area contributed by atoms with E-state index in [9.17, 15) is 4.79 Å². The summed E-state index contributed by atoms with van der Waals surface area (Å²) >= 11 is 5.89. The minimum absolute atomic E-state index is 0.0102. The third kappa shape index (κ3) is 4.89. The number of carbonyl (C=O) groups is 1. The maximum absolute atomic E-state index is 12.6. The van der Waals surface area contributed by atoms with Gasteiger partial charge in [-0.15, -0.1) is 0 Å². The number of rotatable bonds is 6. The van der Waals surface area contributed by atoms with Crippen LogP contribution in [0.2, 0.25) is 5.02 Å². The molecule has 1 amide bonds. The second-order valence-electron chi connectivity index (χ2n) is 6.66. The summed E-state index contributed by atoms with van der Waals surface area (Å²) in [5.41, 5.74) is 0.748. The van der Waals surface area contributed by atoms with Gasteiger partial charge < -0.3 is 15.1 Å². The highest BCUT2D eigenvalue weighted by atomic mass is 35.5. The second-order valence-corrected chi connectivity index (χ2v) is 7.10. The minimum atomic E-state index is 0.0102. The number of hydrogen-bond donors (Lipinski definition) is 1. The normalized spacial score (nSPS) is 14.9. The van der Waals surface area contributed by atoms with Crippen LogP contribution >= 0.6 is 11.6 Å². The molecular formula is C20H26ClN5O. The SMILES string of the molecule is CCN(CC)c1ccc(NC(=O)C2CCN(c3ccc(Cl)cn3)CC2)cn1. The van der Waals surface area contributed by atoms with Gasteiger partial charge in [0.05, 0.1) is 16.9 Å². The molecule has 3 heterocycles. The predicted octanol–water partition coefficient (Wildman–Crippen LogP) is 3.83. The fraction of sp³-hybridized carbons (Fsp3) is 0.450. The Labute approximate surface area is 165 Å². The van der Waals surface area contributed by atoms with Gasteiger partial charge in [-0.05, 0) is 51.0 Å². The first-order valence-electron chi connectivity index (χ1n) is 9.49. The van der Waals surface area contributed by atoms with Crippen molar-refractivity contribution >= 4 is 34.8 Å². The average molecular weight is 388 g/mol. The van der Waals surface area contributed by atoms with Crippen molar-refractivity contribution in [3.05, 3.63) is 41.7 Å². The number of aromatic nitrogens is 2. The monoisotopic (exact) mass is 387 g/mol. The van der Waals surface area contributed by atoms with Crippen LogP contribution in [0.25, 0.3) is 0 Å². The summed E-state index contributed by atoms with van der Waals surface area (Å²) in [6.45, 7) is 7.66. The summed E-state index contributed by atoms with van der Waals surface area (Å²) in [7, 11) is 0. The van der Waals surface area contributed by atoms with Crippen molar-refractivity contribution in [1.29, 1.82) is 0 Å². The molecule has 1 fully saturated rings. The molecule has 0 aromatic carbocycles. The number of anilines is 3. The quantitative estimate of drug-likeness (QED) is 0.816. The van der Waals surface area contributed by atoms with Crippen molar-refractivity contribution in [2.45, 2.75) is 26.7 Å². The molecule has 1 N–H and O–H groups in total. The molecule has 1 saturated heterocycles. The van der Waals surface area contributed by atoms with Gasteiger partial charge in [0, 0.05) is 38.3 Å². The summed E-state index contributed by atoms with van der Waals surface area (Å²) in [4.78, 5) is 25.8. The molecule has 27 heavy (non-hydrogen) atoms. The van der Waals surface area contributed by atoms with E-state index in [1.54, 1.807) is 12.4 Å². The maximum Gasteiger partial charge on any atom is 0.227 e. The Bertz CT molecular complexity index is 738. The largest absolute Gasteiger partial charge is 0.357 e. The zero-order valence-corrected chi connectivity index (χ0v) is 16.6. The number of pyridine rings is 2. The Kier molecular flexibility index (Phi) is 6.50. The Morgan fingerprint density at radius 3 is 2.44 bits per heavy atom. The Morgan fingerprint density at radius 1 is 1.15 bits per heavy atom. The fourth-order valence-electron chi connectivity index (χ4n) is 3.36.